The summed E-state index contributed by atoms with van der Waals surface area (Å²) in [5.74, 6) is 0.566. The van der Waals surface area contributed by atoms with Crippen LogP contribution in [0.5, 0.6) is 5.75 Å². The number of amides is 1. The monoisotopic (exact) mass is 525 g/mol. The molecule has 0 saturated carbocycles. The van der Waals surface area contributed by atoms with Gasteiger partial charge in [0.2, 0.25) is 0 Å². The van der Waals surface area contributed by atoms with E-state index < -0.39 is 5.67 Å². The van der Waals surface area contributed by atoms with Gasteiger partial charge in [0.05, 0.1) is 23.9 Å². The number of morpholine rings is 2. The van der Waals surface area contributed by atoms with Crippen molar-refractivity contribution < 1.29 is 18.7 Å². The second-order valence-corrected chi connectivity index (χ2v) is 11.7. The number of pyridine rings is 1. The quantitative estimate of drug-likeness (QED) is 0.480. The molecule has 6 rings (SSSR count). The first-order chi connectivity index (χ1) is 17.7. The maximum absolute atomic E-state index is 14.9. The number of halogens is 1. The van der Waals surface area contributed by atoms with Gasteiger partial charge in [-0.1, -0.05) is 6.07 Å². The molecule has 2 bridgehead atoms. The van der Waals surface area contributed by atoms with Crippen molar-refractivity contribution in [3.63, 3.8) is 0 Å². The van der Waals surface area contributed by atoms with Crippen LogP contribution < -0.4 is 26.0 Å². The van der Waals surface area contributed by atoms with E-state index in [1.54, 1.807) is 6.07 Å². The van der Waals surface area contributed by atoms with Gasteiger partial charge >= 0.3 is 0 Å². The molecule has 8 nitrogen and oxygen atoms in total. The van der Waals surface area contributed by atoms with Crippen LogP contribution >= 0.6 is 11.3 Å². The minimum absolute atomic E-state index is 0.198. The number of nitrogen functional groups attached to an aromatic ring is 1. The molecule has 0 aliphatic carbocycles. The fraction of sp³-hybridized carbons (Fsp3) is 0.481. The van der Waals surface area contributed by atoms with Crippen LogP contribution in [0.2, 0.25) is 0 Å². The predicted octanol–water partition coefficient (Wildman–Crippen LogP) is 3.30. The van der Waals surface area contributed by atoms with Gasteiger partial charge in [-0.15, -0.1) is 11.3 Å². The lowest BCUT2D eigenvalue weighted by molar-refractivity contribution is -0.0484. The van der Waals surface area contributed by atoms with E-state index in [9.17, 15) is 9.18 Å². The first-order valence-corrected chi connectivity index (χ1v) is 13.5. The molecule has 1 amide bonds. The highest BCUT2D eigenvalue weighted by molar-refractivity contribution is 7.21. The third-order valence-corrected chi connectivity index (χ3v) is 8.41. The Kier molecular flexibility index (Phi) is 6.00. The highest BCUT2D eigenvalue weighted by Crippen LogP contribution is 2.40. The van der Waals surface area contributed by atoms with Gasteiger partial charge in [0.15, 0.2) is 0 Å². The molecule has 5 heterocycles. The Hall–Kier alpha value is -2.95. The lowest BCUT2D eigenvalue weighted by Crippen LogP contribution is -2.58. The molecule has 3 aliphatic rings. The van der Waals surface area contributed by atoms with E-state index >= 15 is 0 Å². The molecular weight excluding hydrogens is 493 g/mol. The van der Waals surface area contributed by atoms with Gasteiger partial charge in [-0.2, -0.15) is 0 Å². The molecule has 3 aliphatic heterocycles. The number of fused-ring (bicyclic) bond motifs is 4. The van der Waals surface area contributed by atoms with Crippen LogP contribution in [0.3, 0.4) is 0 Å². The van der Waals surface area contributed by atoms with Crippen LogP contribution in [-0.2, 0) is 16.8 Å². The lowest BCUT2D eigenvalue weighted by atomic mass is 9.96. The molecule has 2 saturated heterocycles. The zero-order chi connectivity index (χ0) is 25.9. The van der Waals surface area contributed by atoms with Crippen LogP contribution in [0.25, 0.3) is 10.2 Å². The van der Waals surface area contributed by atoms with E-state index in [0.717, 1.165) is 43.2 Å². The van der Waals surface area contributed by atoms with Crippen molar-refractivity contribution in [3.05, 3.63) is 46.0 Å². The SMILES string of the molecule is Cc1cc(C(C)(C)F)c2c(N)c(C(=O)N[C@H]3COc4cc(N5CC6CNCC(C5)O6)ccc4C3)sc2n1. The second-order valence-electron chi connectivity index (χ2n) is 10.7. The summed E-state index contributed by atoms with van der Waals surface area (Å²) in [6, 6.07) is 7.81. The number of anilines is 2. The summed E-state index contributed by atoms with van der Waals surface area (Å²) in [5, 5.41) is 7.01. The molecule has 4 N–H and O–H groups in total. The number of alkyl halides is 1. The standard InChI is InChI=1S/C27H32FN5O3S/c1-14-6-20(27(2,3)28)22-23(29)24(37-26(22)31-14)25(34)32-16-7-15-4-5-17(8-21(15)35-13-16)33-11-18-9-30-10-19(12-33)36-18/h4-6,8,16,18-19,30H,7,9-13,29H2,1-3H3,(H,32,34)/t16-,18?,19?/m1/s1. The molecule has 10 heteroatoms. The van der Waals surface area contributed by atoms with Gasteiger partial charge in [-0.05, 0) is 44.9 Å². The van der Waals surface area contributed by atoms with Gasteiger partial charge in [-0.25, -0.2) is 9.37 Å². The number of benzene rings is 1. The third kappa shape index (κ3) is 4.62. The van der Waals surface area contributed by atoms with Crippen LogP contribution in [0, 0.1) is 6.92 Å². The Balaban J connectivity index is 1.18. The zero-order valence-electron chi connectivity index (χ0n) is 21.3. The van der Waals surface area contributed by atoms with Crippen molar-refractivity contribution in [1.29, 1.82) is 0 Å². The fourth-order valence-electron chi connectivity index (χ4n) is 5.55. The summed E-state index contributed by atoms with van der Waals surface area (Å²) in [5.41, 5.74) is 8.38. The summed E-state index contributed by atoms with van der Waals surface area (Å²) < 4.78 is 27.1. The number of ether oxygens (including phenoxy) is 2. The summed E-state index contributed by atoms with van der Waals surface area (Å²) >= 11 is 1.20. The lowest BCUT2D eigenvalue weighted by Gasteiger charge is -2.43. The first-order valence-electron chi connectivity index (χ1n) is 12.7. The number of nitrogens with two attached hydrogens (primary N) is 1. The minimum atomic E-state index is -1.61. The van der Waals surface area contributed by atoms with E-state index in [0.29, 0.717) is 39.4 Å². The Morgan fingerprint density at radius 2 is 2.03 bits per heavy atom. The van der Waals surface area contributed by atoms with E-state index in [2.05, 4.69) is 38.7 Å². The van der Waals surface area contributed by atoms with Crippen LogP contribution in [0.1, 0.15) is 40.3 Å². The fourth-order valence-corrected chi connectivity index (χ4v) is 6.62. The van der Waals surface area contributed by atoms with Gasteiger partial charge in [0, 0.05) is 54.6 Å². The molecule has 0 spiro atoms. The van der Waals surface area contributed by atoms with E-state index in [-0.39, 0.29) is 29.8 Å². The summed E-state index contributed by atoms with van der Waals surface area (Å²) in [6.45, 7) is 8.62. The molecular formula is C27H32FN5O3S. The summed E-state index contributed by atoms with van der Waals surface area (Å²) in [7, 11) is 0. The first kappa shape index (κ1) is 24.4. The van der Waals surface area contributed by atoms with Crippen molar-refractivity contribution >= 4 is 38.8 Å². The molecule has 2 fully saturated rings. The number of aromatic nitrogens is 1. The average molecular weight is 526 g/mol. The number of nitrogens with zero attached hydrogens (tertiary/aromatic N) is 2. The predicted molar refractivity (Wildman–Crippen MR) is 144 cm³/mol. The maximum atomic E-state index is 14.9. The van der Waals surface area contributed by atoms with Gasteiger partial charge in [0.1, 0.15) is 27.7 Å². The van der Waals surface area contributed by atoms with Gasteiger partial charge < -0.3 is 30.7 Å². The Labute approximate surface area is 219 Å². The highest BCUT2D eigenvalue weighted by atomic mass is 32.1. The van der Waals surface area contributed by atoms with Crippen molar-refractivity contribution in [2.75, 3.05) is 43.4 Å². The number of carbonyl (C=O) groups excluding carboxylic acids is 1. The molecule has 3 atom stereocenters. The topological polar surface area (TPSA) is 102 Å². The molecule has 37 heavy (non-hydrogen) atoms. The summed E-state index contributed by atoms with van der Waals surface area (Å²) in [6.07, 6.45) is 1.07. The number of thiophene rings is 1. The molecule has 0 radical (unpaired) electrons. The number of hydrogen-bond donors (Lipinski definition) is 3. The van der Waals surface area contributed by atoms with E-state index in [1.807, 2.05) is 6.92 Å². The number of rotatable bonds is 4. The normalized spacial score (nSPS) is 23.5. The molecule has 1 aromatic carbocycles. The molecule has 2 unspecified atom stereocenters. The number of carbonyl (C=O) groups is 1. The second kappa shape index (κ2) is 9.11. The van der Waals surface area contributed by atoms with Crippen molar-refractivity contribution in [2.24, 2.45) is 0 Å². The van der Waals surface area contributed by atoms with Gasteiger partial charge in [-0.3, -0.25) is 4.79 Å². The minimum Gasteiger partial charge on any atom is -0.491 e. The molecule has 3 aromatic rings. The van der Waals surface area contributed by atoms with Crippen molar-refractivity contribution in [2.45, 2.75) is 51.1 Å². The average Bonchev–Trinajstić information content (AvgIpc) is 3.18. The largest absolute Gasteiger partial charge is 0.491 e. The number of nitrogens with one attached hydrogen (secondary N) is 2. The van der Waals surface area contributed by atoms with Crippen molar-refractivity contribution in [3.8, 4) is 5.75 Å². The van der Waals surface area contributed by atoms with Crippen LogP contribution in [0.4, 0.5) is 15.8 Å². The Morgan fingerprint density at radius 1 is 1.27 bits per heavy atom. The molecule has 2 aromatic heterocycles. The number of aryl methyl sites for hydroxylation is 1. The smallest absolute Gasteiger partial charge is 0.263 e. The highest BCUT2D eigenvalue weighted by Gasteiger charge is 2.32. The van der Waals surface area contributed by atoms with E-state index in [1.165, 1.54) is 25.2 Å². The maximum Gasteiger partial charge on any atom is 0.263 e. The van der Waals surface area contributed by atoms with Crippen LogP contribution in [-0.4, -0.2) is 61.9 Å². The molecule has 196 valence electrons. The Bertz CT molecular complexity index is 1360. The summed E-state index contributed by atoms with van der Waals surface area (Å²) in [4.78, 5) is 21.0. The Morgan fingerprint density at radius 3 is 2.76 bits per heavy atom. The van der Waals surface area contributed by atoms with E-state index in [4.69, 9.17) is 15.2 Å². The van der Waals surface area contributed by atoms with Crippen molar-refractivity contribution in [1.82, 2.24) is 15.6 Å². The zero-order valence-corrected chi connectivity index (χ0v) is 22.1. The number of hydrogen-bond acceptors (Lipinski definition) is 8. The van der Waals surface area contributed by atoms with Gasteiger partial charge in [0.25, 0.3) is 5.91 Å². The third-order valence-electron chi connectivity index (χ3n) is 7.31. The van der Waals surface area contributed by atoms with Crippen LogP contribution in [0.15, 0.2) is 24.3 Å².